The van der Waals surface area contributed by atoms with Gasteiger partial charge < -0.3 is 9.47 Å². The molecule has 0 radical (unpaired) electrons. The Bertz CT molecular complexity index is 940. The Balaban J connectivity index is 1.98. The second-order valence-corrected chi connectivity index (χ2v) is 8.19. The van der Waals surface area contributed by atoms with Crippen LogP contribution in [0.1, 0.15) is 12.5 Å². The lowest BCUT2D eigenvalue weighted by Crippen LogP contribution is -2.11. The summed E-state index contributed by atoms with van der Waals surface area (Å²) in [4.78, 5) is 0.282. The average molecular weight is 377 g/mol. The van der Waals surface area contributed by atoms with Crippen molar-refractivity contribution in [2.75, 3.05) is 12.9 Å². The first kappa shape index (κ1) is 17.6. The van der Waals surface area contributed by atoms with Crippen molar-refractivity contribution < 1.29 is 17.9 Å². The van der Waals surface area contributed by atoms with E-state index in [1.165, 1.54) is 6.26 Å². The lowest BCUT2D eigenvalue weighted by atomic mass is 10.0. The number of hydrogen-bond acceptors (Lipinski definition) is 4. The van der Waals surface area contributed by atoms with Crippen LogP contribution in [-0.2, 0) is 14.6 Å². The van der Waals surface area contributed by atoms with E-state index in [-0.39, 0.29) is 4.90 Å². The molecule has 0 amide bonds. The molecule has 0 aromatic heterocycles. The summed E-state index contributed by atoms with van der Waals surface area (Å²) in [5.41, 5.74) is 1.72. The average Bonchev–Trinajstić information content (AvgIpc) is 2.58. The Kier molecular flexibility index (Phi) is 4.88. The number of halogens is 1. The number of ether oxygens (including phenoxy) is 2. The van der Waals surface area contributed by atoms with Crippen LogP contribution < -0.4 is 4.74 Å². The summed E-state index contributed by atoms with van der Waals surface area (Å²) in [6, 6.07) is 13.8. The fourth-order valence-electron chi connectivity index (χ4n) is 2.44. The second kappa shape index (κ2) is 6.94. The highest BCUT2D eigenvalue weighted by Gasteiger charge is 2.17. The minimum atomic E-state index is -3.23. The zero-order valence-electron chi connectivity index (χ0n) is 13.8. The zero-order chi connectivity index (χ0) is 18.0. The van der Waals surface area contributed by atoms with Crippen LogP contribution in [-0.4, -0.2) is 21.3 Å². The van der Waals surface area contributed by atoms with Gasteiger partial charge in [-0.3, -0.25) is 0 Å². The highest BCUT2D eigenvalue weighted by atomic mass is 35.5. The van der Waals surface area contributed by atoms with Crippen molar-refractivity contribution in [3.05, 3.63) is 76.7 Å². The second-order valence-electron chi connectivity index (χ2n) is 5.73. The standard InChI is InChI=1S/C19H17ClO4S/c1-13-11-18(14-3-9-17(10-4-14)25(2,21)22)19(12-23-13)24-16-7-5-15(20)6-8-16/h3-11H,12H2,1-2H3. The van der Waals surface area contributed by atoms with Crippen LogP contribution in [0.15, 0.2) is 71.0 Å². The fourth-order valence-corrected chi connectivity index (χ4v) is 3.19. The van der Waals surface area contributed by atoms with Gasteiger partial charge in [0.2, 0.25) is 0 Å². The summed E-state index contributed by atoms with van der Waals surface area (Å²) < 4.78 is 34.8. The van der Waals surface area contributed by atoms with Crippen molar-refractivity contribution in [2.24, 2.45) is 0 Å². The van der Waals surface area contributed by atoms with E-state index in [0.717, 1.165) is 16.9 Å². The topological polar surface area (TPSA) is 52.6 Å². The number of sulfone groups is 1. The van der Waals surface area contributed by atoms with E-state index in [9.17, 15) is 8.42 Å². The molecule has 0 saturated heterocycles. The molecule has 0 unspecified atom stereocenters. The van der Waals surface area contributed by atoms with Gasteiger partial charge in [-0.25, -0.2) is 8.42 Å². The summed E-state index contributed by atoms with van der Waals surface area (Å²) in [5.74, 6) is 2.08. The van der Waals surface area contributed by atoms with Gasteiger partial charge in [0.25, 0.3) is 0 Å². The first-order valence-electron chi connectivity index (χ1n) is 7.61. The highest BCUT2D eigenvalue weighted by molar-refractivity contribution is 7.90. The van der Waals surface area contributed by atoms with E-state index in [1.807, 2.05) is 13.0 Å². The Morgan fingerprint density at radius 2 is 1.68 bits per heavy atom. The van der Waals surface area contributed by atoms with Gasteiger partial charge in [0.1, 0.15) is 18.1 Å². The molecule has 0 bridgehead atoms. The molecule has 0 aliphatic carbocycles. The molecular weight excluding hydrogens is 360 g/mol. The zero-order valence-corrected chi connectivity index (χ0v) is 15.4. The molecule has 0 fully saturated rings. The Hall–Kier alpha value is -2.24. The molecule has 1 aliphatic heterocycles. The van der Waals surface area contributed by atoms with Crippen LogP contribution in [0.2, 0.25) is 5.02 Å². The highest BCUT2D eigenvalue weighted by Crippen LogP contribution is 2.29. The van der Waals surface area contributed by atoms with Crippen LogP contribution in [0.5, 0.6) is 5.75 Å². The molecule has 2 aromatic rings. The quantitative estimate of drug-likeness (QED) is 0.790. The van der Waals surface area contributed by atoms with Gasteiger partial charge >= 0.3 is 0 Å². The Morgan fingerprint density at radius 1 is 1.04 bits per heavy atom. The van der Waals surface area contributed by atoms with Crippen LogP contribution in [0.3, 0.4) is 0 Å². The maximum absolute atomic E-state index is 11.6. The summed E-state index contributed by atoms with van der Waals surface area (Å²) in [7, 11) is -3.23. The van der Waals surface area contributed by atoms with Crippen molar-refractivity contribution in [1.29, 1.82) is 0 Å². The van der Waals surface area contributed by atoms with E-state index in [2.05, 4.69) is 0 Å². The number of benzene rings is 2. The van der Waals surface area contributed by atoms with Crippen molar-refractivity contribution >= 4 is 27.0 Å². The first-order chi connectivity index (χ1) is 11.8. The molecule has 1 aliphatic rings. The minimum absolute atomic E-state index is 0.282. The van der Waals surface area contributed by atoms with E-state index in [0.29, 0.717) is 23.1 Å². The summed E-state index contributed by atoms with van der Waals surface area (Å²) in [6.07, 6.45) is 3.07. The minimum Gasteiger partial charge on any atom is -0.490 e. The largest absolute Gasteiger partial charge is 0.490 e. The molecule has 25 heavy (non-hydrogen) atoms. The molecule has 1 heterocycles. The van der Waals surface area contributed by atoms with Gasteiger partial charge in [0.05, 0.1) is 10.7 Å². The van der Waals surface area contributed by atoms with Crippen LogP contribution in [0.4, 0.5) is 0 Å². The van der Waals surface area contributed by atoms with Crippen LogP contribution in [0, 0.1) is 0 Å². The SMILES string of the molecule is CC1=CC(c2ccc(S(C)(=O)=O)cc2)=C(Oc2ccc(Cl)cc2)CO1. The third kappa shape index (κ3) is 4.24. The number of hydrogen-bond donors (Lipinski definition) is 0. The molecular formula is C19H17ClO4S. The predicted octanol–water partition coefficient (Wildman–Crippen LogP) is 4.47. The molecule has 0 atom stereocenters. The first-order valence-corrected chi connectivity index (χ1v) is 9.88. The lowest BCUT2D eigenvalue weighted by molar-refractivity contribution is 0.198. The third-order valence-electron chi connectivity index (χ3n) is 3.73. The molecule has 2 aromatic carbocycles. The van der Waals surface area contributed by atoms with Gasteiger partial charge in [-0.05, 0) is 55.0 Å². The predicted molar refractivity (Wildman–Crippen MR) is 98.3 cm³/mol. The maximum atomic E-state index is 11.6. The maximum Gasteiger partial charge on any atom is 0.175 e. The smallest absolute Gasteiger partial charge is 0.175 e. The molecule has 0 N–H and O–H groups in total. The lowest BCUT2D eigenvalue weighted by Gasteiger charge is -2.20. The summed E-state index contributed by atoms with van der Waals surface area (Å²) in [5, 5.41) is 0.633. The summed E-state index contributed by atoms with van der Waals surface area (Å²) >= 11 is 5.90. The normalized spacial score (nSPS) is 14.8. The molecule has 3 rings (SSSR count). The van der Waals surface area contributed by atoms with Gasteiger partial charge in [-0.15, -0.1) is 0 Å². The van der Waals surface area contributed by atoms with Crippen molar-refractivity contribution in [2.45, 2.75) is 11.8 Å². The van der Waals surface area contributed by atoms with Gasteiger partial charge in [-0.1, -0.05) is 23.7 Å². The van der Waals surface area contributed by atoms with E-state index in [4.69, 9.17) is 21.1 Å². The molecule has 0 spiro atoms. The Labute approximate surface area is 152 Å². The van der Waals surface area contributed by atoms with E-state index in [1.54, 1.807) is 48.5 Å². The summed E-state index contributed by atoms with van der Waals surface area (Å²) in [6.45, 7) is 2.16. The van der Waals surface area contributed by atoms with Crippen molar-refractivity contribution in [3.8, 4) is 5.75 Å². The van der Waals surface area contributed by atoms with Gasteiger partial charge in [0.15, 0.2) is 9.84 Å². The Morgan fingerprint density at radius 3 is 2.28 bits per heavy atom. The van der Waals surface area contributed by atoms with Gasteiger partial charge in [-0.2, -0.15) is 0 Å². The van der Waals surface area contributed by atoms with Crippen molar-refractivity contribution in [3.63, 3.8) is 0 Å². The van der Waals surface area contributed by atoms with E-state index >= 15 is 0 Å². The molecule has 6 heteroatoms. The van der Waals surface area contributed by atoms with E-state index < -0.39 is 9.84 Å². The van der Waals surface area contributed by atoms with Crippen LogP contribution in [0.25, 0.3) is 5.57 Å². The third-order valence-corrected chi connectivity index (χ3v) is 5.11. The number of allylic oxidation sites excluding steroid dienone is 3. The fraction of sp³-hybridized carbons (Fsp3) is 0.158. The molecule has 4 nitrogen and oxygen atoms in total. The van der Waals surface area contributed by atoms with Crippen molar-refractivity contribution in [1.82, 2.24) is 0 Å². The molecule has 130 valence electrons. The molecule has 0 saturated carbocycles. The van der Waals surface area contributed by atoms with Gasteiger partial charge in [0, 0.05) is 16.9 Å². The monoisotopic (exact) mass is 376 g/mol. The van der Waals surface area contributed by atoms with Crippen LogP contribution >= 0.6 is 11.6 Å². The number of rotatable bonds is 4.